The highest BCUT2D eigenvalue weighted by Crippen LogP contribution is 2.57. The minimum atomic E-state index is -1.55. The molecule has 0 aromatic rings. The predicted octanol–water partition coefficient (Wildman–Crippen LogP) is 6.10. The SMILES string of the molecule is CO[C@@H]1C[C@@H](C[C@H]2CC[C@H](C)C([C@@H](C)C(=O)NCCSC)O2)O[C@]2(O[C@@](C)(C3CC[C@@](C)([C@@H]4O[C@@H]([C@@H]5O[C@@](O)(CO)[C@H](C)C[C@@H]5C)C[C@@H]4C)O3)C[C@H]2C)C1C. The highest BCUT2D eigenvalue weighted by Gasteiger charge is 2.65. The number of aliphatic hydroxyl groups is 2. The molecule has 6 aliphatic heterocycles. The Morgan fingerprint density at radius 2 is 1.65 bits per heavy atom. The van der Waals surface area contributed by atoms with Gasteiger partial charge >= 0.3 is 0 Å². The summed E-state index contributed by atoms with van der Waals surface area (Å²) < 4.78 is 47.6. The molecular weight excluding hydrogens is 723 g/mol. The number of hydrogen-bond donors (Lipinski definition) is 3. The average molecular weight is 798 g/mol. The lowest BCUT2D eigenvalue weighted by Gasteiger charge is -2.50. The van der Waals surface area contributed by atoms with Crippen molar-refractivity contribution in [3.05, 3.63) is 0 Å². The summed E-state index contributed by atoms with van der Waals surface area (Å²) in [6.45, 7) is 19.6. The number of aliphatic hydroxyl groups excluding tert-OH is 1. The van der Waals surface area contributed by atoms with Crippen LogP contribution in [-0.4, -0.2) is 120 Å². The molecule has 6 rings (SSSR count). The molecule has 6 fully saturated rings. The summed E-state index contributed by atoms with van der Waals surface area (Å²) in [7, 11) is 1.80. The van der Waals surface area contributed by atoms with Gasteiger partial charge in [-0.15, -0.1) is 0 Å². The van der Waals surface area contributed by atoms with Gasteiger partial charge in [0.2, 0.25) is 5.91 Å². The van der Waals surface area contributed by atoms with Crippen molar-refractivity contribution in [3.63, 3.8) is 0 Å². The van der Waals surface area contributed by atoms with Gasteiger partial charge in [0, 0.05) is 50.0 Å². The number of thioether (sulfide) groups is 1. The number of carbonyl (C=O) groups excluding carboxylic acids is 1. The molecule has 0 aromatic carbocycles. The van der Waals surface area contributed by atoms with Gasteiger partial charge in [-0.2, -0.15) is 11.8 Å². The lowest BCUT2D eigenvalue weighted by Crippen LogP contribution is -2.58. The fraction of sp³-hybridized carbons (Fsp3) is 0.977. The van der Waals surface area contributed by atoms with E-state index < -0.39 is 29.4 Å². The molecule has 1 amide bonds. The Balaban J connectivity index is 1.11. The van der Waals surface area contributed by atoms with E-state index in [-0.39, 0.29) is 90.2 Å². The second kappa shape index (κ2) is 17.2. The van der Waals surface area contributed by atoms with E-state index in [2.05, 4.69) is 53.8 Å². The average Bonchev–Trinajstić information content (AvgIpc) is 3.82. The van der Waals surface area contributed by atoms with Gasteiger partial charge in [-0.1, -0.05) is 48.5 Å². The maximum Gasteiger partial charge on any atom is 0.225 e. The molecular formula is C43H75NO10S. The lowest BCUT2D eigenvalue weighted by atomic mass is 9.78. The van der Waals surface area contributed by atoms with Crippen LogP contribution in [0.3, 0.4) is 0 Å². The Hall–Kier alpha value is -0.540. The number of hydrogen-bond acceptors (Lipinski definition) is 11. The van der Waals surface area contributed by atoms with E-state index in [4.69, 9.17) is 33.2 Å². The predicted molar refractivity (Wildman–Crippen MR) is 212 cm³/mol. The van der Waals surface area contributed by atoms with Crippen molar-refractivity contribution >= 4 is 17.7 Å². The van der Waals surface area contributed by atoms with E-state index >= 15 is 0 Å². The van der Waals surface area contributed by atoms with Gasteiger partial charge < -0.3 is 48.7 Å². The Labute approximate surface area is 335 Å². The number of amides is 1. The van der Waals surface area contributed by atoms with Gasteiger partial charge in [-0.25, -0.2) is 0 Å². The van der Waals surface area contributed by atoms with Gasteiger partial charge in [-0.05, 0) is 82.8 Å². The zero-order valence-corrected chi connectivity index (χ0v) is 36.5. The van der Waals surface area contributed by atoms with Gasteiger partial charge in [-0.3, -0.25) is 4.79 Å². The molecule has 6 heterocycles. The highest BCUT2D eigenvalue weighted by atomic mass is 32.2. The number of methoxy groups -OCH3 is 1. The van der Waals surface area contributed by atoms with Crippen LogP contribution in [0.4, 0.5) is 0 Å². The molecule has 0 radical (unpaired) electrons. The van der Waals surface area contributed by atoms with E-state index in [1.807, 2.05) is 20.1 Å². The fourth-order valence-electron chi connectivity index (χ4n) is 11.7. The second-order valence-corrected chi connectivity index (χ2v) is 20.3. The molecule has 6 saturated heterocycles. The molecule has 318 valence electrons. The Morgan fingerprint density at radius 3 is 2.35 bits per heavy atom. The van der Waals surface area contributed by atoms with Crippen molar-refractivity contribution in [1.29, 1.82) is 0 Å². The first-order chi connectivity index (χ1) is 25.9. The second-order valence-electron chi connectivity index (χ2n) is 19.3. The summed E-state index contributed by atoms with van der Waals surface area (Å²) in [6.07, 6.45) is 8.59. The summed E-state index contributed by atoms with van der Waals surface area (Å²) >= 11 is 1.73. The van der Waals surface area contributed by atoms with Crippen LogP contribution in [0.2, 0.25) is 0 Å². The van der Waals surface area contributed by atoms with Crippen molar-refractivity contribution in [2.45, 2.75) is 192 Å². The lowest BCUT2D eigenvalue weighted by molar-refractivity contribution is -0.353. The number of carbonyl (C=O) groups is 1. The highest BCUT2D eigenvalue weighted by molar-refractivity contribution is 7.98. The van der Waals surface area contributed by atoms with Crippen molar-refractivity contribution in [3.8, 4) is 0 Å². The molecule has 0 aromatic heterocycles. The summed E-state index contributed by atoms with van der Waals surface area (Å²) in [5.41, 5.74) is -1.07. The van der Waals surface area contributed by atoms with Gasteiger partial charge in [0.15, 0.2) is 11.6 Å². The third kappa shape index (κ3) is 8.58. The first kappa shape index (κ1) is 44.0. The van der Waals surface area contributed by atoms with Crippen molar-refractivity contribution in [2.75, 3.05) is 32.3 Å². The first-order valence-electron chi connectivity index (χ1n) is 21.6. The first-order valence-corrected chi connectivity index (χ1v) is 23.0. The maximum absolute atomic E-state index is 13.0. The Morgan fingerprint density at radius 1 is 0.909 bits per heavy atom. The summed E-state index contributed by atoms with van der Waals surface area (Å²) in [4.78, 5) is 13.0. The third-order valence-corrected chi connectivity index (χ3v) is 15.7. The zero-order chi connectivity index (χ0) is 40.1. The molecule has 3 N–H and O–H groups in total. The van der Waals surface area contributed by atoms with Crippen LogP contribution in [0.1, 0.15) is 120 Å². The zero-order valence-electron chi connectivity index (χ0n) is 35.7. The van der Waals surface area contributed by atoms with Crippen LogP contribution >= 0.6 is 11.8 Å². The third-order valence-electron chi connectivity index (χ3n) is 15.1. The standard InChI is InChI=1S/C43H75NO10S/c1-24-12-13-31(49-36(24)29(6)39(46)44-16-17-55-11)20-32-21-33(48-10)30(7)43(51-32)28(5)22-41(9,54-43)35-14-15-40(8,52-35)38-26(3)19-34(50-38)37-25(2)18-27(4)42(47,23-45)53-37/h24-38,45,47H,12-23H2,1-11H3,(H,44,46)/t24-,25-,26-,27+,28+,29+,30?,31+,32+,33+,34+,35?,36?,37+,38+,40-,41+,42-,43+/m0/s1. The summed E-state index contributed by atoms with van der Waals surface area (Å²) in [6, 6.07) is 0. The molecule has 0 aliphatic carbocycles. The maximum atomic E-state index is 13.0. The molecule has 1 spiro atoms. The van der Waals surface area contributed by atoms with E-state index in [0.29, 0.717) is 12.5 Å². The van der Waals surface area contributed by atoms with Crippen LogP contribution in [0.25, 0.3) is 0 Å². The van der Waals surface area contributed by atoms with E-state index in [9.17, 15) is 15.0 Å². The molecule has 11 nitrogen and oxygen atoms in total. The van der Waals surface area contributed by atoms with Crippen molar-refractivity contribution in [2.24, 2.45) is 41.4 Å². The minimum absolute atomic E-state index is 0.00219. The normalized spacial score (nSPS) is 51.1. The molecule has 12 heteroatoms. The van der Waals surface area contributed by atoms with Gasteiger partial charge in [0.05, 0.1) is 72.6 Å². The van der Waals surface area contributed by atoms with Crippen LogP contribution in [0.5, 0.6) is 0 Å². The Kier molecular flexibility index (Phi) is 13.8. The fourth-order valence-corrected chi connectivity index (χ4v) is 12.0. The number of rotatable bonds is 12. The van der Waals surface area contributed by atoms with Gasteiger partial charge in [0.1, 0.15) is 0 Å². The smallest absolute Gasteiger partial charge is 0.225 e. The van der Waals surface area contributed by atoms with E-state index in [1.54, 1.807) is 18.9 Å². The summed E-state index contributed by atoms with van der Waals surface area (Å²) in [5.74, 6) is -0.920. The van der Waals surface area contributed by atoms with E-state index in [1.165, 1.54) is 0 Å². The minimum Gasteiger partial charge on any atom is -0.391 e. The molecule has 19 atom stereocenters. The van der Waals surface area contributed by atoms with E-state index in [0.717, 1.165) is 63.5 Å². The topological polar surface area (TPSA) is 134 Å². The van der Waals surface area contributed by atoms with Crippen LogP contribution in [0, 0.1) is 41.4 Å². The van der Waals surface area contributed by atoms with Gasteiger partial charge in [0.25, 0.3) is 0 Å². The Bertz CT molecular complexity index is 1310. The largest absolute Gasteiger partial charge is 0.391 e. The molecule has 3 unspecified atom stereocenters. The monoisotopic (exact) mass is 798 g/mol. The molecule has 0 bridgehead atoms. The summed E-state index contributed by atoms with van der Waals surface area (Å²) in [5, 5.41) is 24.1. The number of nitrogens with one attached hydrogen (secondary N) is 1. The molecule has 6 aliphatic rings. The molecule has 0 saturated carbocycles. The quantitative estimate of drug-likeness (QED) is 0.198. The molecule has 55 heavy (non-hydrogen) atoms. The van der Waals surface area contributed by atoms with Crippen LogP contribution in [0.15, 0.2) is 0 Å². The number of ether oxygens (including phenoxy) is 7. The van der Waals surface area contributed by atoms with Crippen LogP contribution in [-0.2, 0) is 38.0 Å². The van der Waals surface area contributed by atoms with Crippen LogP contribution < -0.4 is 5.32 Å². The van der Waals surface area contributed by atoms with Crippen molar-refractivity contribution in [1.82, 2.24) is 5.32 Å². The van der Waals surface area contributed by atoms with Crippen molar-refractivity contribution < 1.29 is 48.2 Å².